The van der Waals surface area contributed by atoms with Crippen molar-refractivity contribution in [1.82, 2.24) is 4.98 Å². The lowest BCUT2D eigenvalue weighted by atomic mass is 10.1. The van der Waals surface area contributed by atoms with Crippen LogP contribution in [-0.2, 0) is 4.74 Å². The Morgan fingerprint density at radius 2 is 2.26 bits per heavy atom. The summed E-state index contributed by atoms with van der Waals surface area (Å²) < 4.78 is 5.17. The number of nitrogens with one attached hydrogen (secondary N) is 2. The predicted molar refractivity (Wildman–Crippen MR) is 74.7 cm³/mol. The van der Waals surface area contributed by atoms with Crippen molar-refractivity contribution >= 4 is 22.6 Å². The van der Waals surface area contributed by atoms with Crippen LogP contribution in [0.5, 0.6) is 0 Å². The maximum atomic E-state index is 11.8. The van der Waals surface area contributed by atoms with Crippen molar-refractivity contribution in [3.8, 4) is 0 Å². The summed E-state index contributed by atoms with van der Waals surface area (Å²) in [7, 11) is 0. The lowest BCUT2D eigenvalue weighted by Gasteiger charge is -2.05. The van der Waals surface area contributed by atoms with Crippen molar-refractivity contribution in [2.24, 2.45) is 0 Å². The molecule has 99 valence electrons. The molecule has 1 aromatic heterocycles. The van der Waals surface area contributed by atoms with Crippen LogP contribution < -0.4 is 0 Å². The van der Waals surface area contributed by atoms with Crippen LogP contribution in [0.25, 0.3) is 10.9 Å². The highest BCUT2D eigenvalue weighted by Crippen LogP contribution is 2.14. The van der Waals surface area contributed by atoms with Gasteiger partial charge in [-0.05, 0) is 18.6 Å². The Bertz CT molecular complexity index is 587. The molecule has 0 aliphatic rings. The Labute approximate surface area is 112 Å². The summed E-state index contributed by atoms with van der Waals surface area (Å²) in [5, 5.41) is 8.57. The number of aromatic amines is 1. The third-order valence-electron chi connectivity index (χ3n) is 2.90. The van der Waals surface area contributed by atoms with Crippen molar-refractivity contribution in [3.05, 3.63) is 36.0 Å². The molecule has 4 heteroatoms. The van der Waals surface area contributed by atoms with E-state index in [1.54, 1.807) is 18.3 Å². The van der Waals surface area contributed by atoms with Gasteiger partial charge in [0.2, 0.25) is 0 Å². The molecule has 0 atom stereocenters. The molecule has 0 aliphatic heterocycles. The maximum absolute atomic E-state index is 11.8. The van der Waals surface area contributed by atoms with Crippen LogP contribution in [0.3, 0.4) is 0 Å². The molecule has 1 heterocycles. The second-order valence-electron chi connectivity index (χ2n) is 4.43. The standard InChI is InChI=1S/C15H17N2O2/c1-2-3-13(16)7-9-19-15(18)12-5-4-11-6-8-17-14(11)10-12/h4-5,8,10,16-17H,2-3,7,9H2,1H3. The molecule has 0 unspecified atom stereocenters. The van der Waals surface area contributed by atoms with Crippen LogP contribution in [0.15, 0.2) is 24.4 Å². The van der Waals surface area contributed by atoms with E-state index in [9.17, 15) is 4.79 Å². The molecule has 0 saturated heterocycles. The number of H-pyrrole nitrogens is 1. The van der Waals surface area contributed by atoms with Crippen LogP contribution in [0.1, 0.15) is 36.5 Å². The van der Waals surface area contributed by atoms with Gasteiger partial charge in [-0.3, -0.25) is 0 Å². The first-order chi connectivity index (χ1) is 9.20. The molecular formula is C15H17N2O2. The van der Waals surface area contributed by atoms with E-state index in [1.165, 1.54) is 0 Å². The van der Waals surface area contributed by atoms with E-state index in [0.717, 1.165) is 23.7 Å². The van der Waals surface area contributed by atoms with Gasteiger partial charge in [0.15, 0.2) is 0 Å². The Morgan fingerprint density at radius 3 is 3.05 bits per heavy atom. The van der Waals surface area contributed by atoms with Crippen LogP contribution in [0, 0.1) is 11.5 Å². The molecule has 2 aromatic rings. The number of carbonyl (C=O) groups excluding carboxylic acids is 1. The summed E-state index contributed by atoms with van der Waals surface area (Å²) in [6, 6.07) is 8.34. The lowest BCUT2D eigenvalue weighted by molar-refractivity contribution is 0.0515. The zero-order valence-corrected chi connectivity index (χ0v) is 11.0. The zero-order valence-electron chi connectivity index (χ0n) is 11.0. The topological polar surface area (TPSA) is 65.9 Å². The molecule has 0 spiro atoms. The van der Waals surface area contributed by atoms with Gasteiger partial charge in [-0.15, -0.1) is 0 Å². The minimum Gasteiger partial charge on any atom is -0.462 e. The van der Waals surface area contributed by atoms with E-state index >= 15 is 0 Å². The van der Waals surface area contributed by atoms with Gasteiger partial charge < -0.3 is 15.1 Å². The van der Waals surface area contributed by atoms with Gasteiger partial charge in [0, 0.05) is 35.3 Å². The molecular weight excluding hydrogens is 240 g/mol. The van der Waals surface area contributed by atoms with Crippen LogP contribution in [0.2, 0.25) is 0 Å². The molecule has 1 aromatic carbocycles. The fourth-order valence-corrected chi connectivity index (χ4v) is 1.89. The van der Waals surface area contributed by atoms with E-state index in [4.69, 9.17) is 10.1 Å². The molecule has 4 nitrogen and oxygen atoms in total. The normalized spacial score (nSPS) is 10.6. The summed E-state index contributed by atoms with van der Waals surface area (Å²) >= 11 is 0. The third-order valence-corrected chi connectivity index (χ3v) is 2.90. The van der Waals surface area contributed by atoms with Crippen molar-refractivity contribution in [2.75, 3.05) is 6.61 Å². The Balaban J connectivity index is 1.90. The Hall–Kier alpha value is -2.10. The van der Waals surface area contributed by atoms with E-state index < -0.39 is 0 Å². The largest absolute Gasteiger partial charge is 0.462 e. The highest BCUT2D eigenvalue weighted by atomic mass is 16.5. The lowest BCUT2D eigenvalue weighted by Crippen LogP contribution is -2.09. The van der Waals surface area contributed by atoms with Crippen molar-refractivity contribution in [2.45, 2.75) is 26.2 Å². The van der Waals surface area contributed by atoms with Crippen LogP contribution in [-0.4, -0.2) is 23.3 Å². The van der Waals surface area contributed by atoms with Gasteiger partial charge in [0.1, 0.15) is 0 Å². The number of hydrogen-bond acceptors (Lipinski definition) is 3. The van der Waals surface area contributed by atoms with Gasteiger partial charge in [-0.25, -0.2) is 4.79 Å². The molecule has 0 fully saturated rings. The van der Waals surface area contributed by atoms with Gasteiger partial charge in [-0.1, -0.05) is 19.4 Å². The number of esters is 1. The Kier molecular flexibility index (Phi) is 4.34. The minimum atomic E-state index is -0.346. The molecule has 2 N–H and O–H groups in total. The molecule has 19 heavy (non-hydrogen) atoms. The SMILES string of the molecule is CCCC(=N)CCOC(=O)c1ccc2[c]c[nH]c2c1. The van der Waals surface area contributed by atoms with Crippen LogP contribution >= 0.6 is 0 Å². The monoisotopic (exact) mass is 257 g/mol. The number of ether oxygens (including phenoxy) is 1. The number of hydrogen-bond donors (Lipinski definition) is 2. The van der Waals surface area contributed by atoms with Gasteiger partial charge in [0.05, 0.1) is 12.2 Å². The highest BCUT2D eigenvalue weighted by molar-refractivity contribution is 5.94. The summed E-state index contributed by atoms with van der Waals surface area (Å²) in [5.74, 6) is -0.346. The average Bonchev–Trinajstić information content (AvgIpc) is 2.86. The first-order valence-corrected chi connectivity index (χ1v) is 6.43. The number of rotatable bonds is 6. The first kappa shape index (κ1) is 13.3. The maximum Gasteiger partial charge on any atom is 0.338 e. The number of aromatic nitrogens is 1. The van der Waals surface area contributed by atoms with Gasteiger partial charge in [-0.2, -0.15) is 0 Å². The summed E-state index contributed by atoms with van der Waals surface area (Å²) in [6.45, 7) is 2.30. The second kappa shape index (κ2) is 6.18. The zero-order chi connectivity index (χ0) is 13.7. The summed E-state index contributed by atoms with van der Waals surface area (Å²) in [4.78, 5) is 14.8. The third kappa shape index (κ3) is 3.44. The summed E-state index contributed by atoms with van der Waals surface area (Å²) in [5.41, 5.74) is 2.02. The van der Waals surface area contributed by atoms with Crippen LogP contribution in [0.4, 0.5) is 0 Å². The quantitative estimate of drug-likeness (QED) is 0.615. The van der Waals surface area contributed by atoms with E-state index in [1.807, 2.05) is 13.0 Å². The number of benzene rings is 1. The number of fused-ring (bicyclic) bond motifs is 1. The second-order valence-corrected chi connectivity index (χ2v) is 4.43. The fourth-order valence-electron chi connectivity index (χ4n) is 1.89. The van der Waals surface area contributed by atoms with E-state index in [2.05, 4.69) is 11.1 Å². The average molecular weight is 257 g/mol. The minimum absolute atomic E-state index is 0.270. The molecule has 0 aliphatic carbocycles. The van der Waals surface area contributed by atoms with E-state index in [-0.39, 0.29) is 12.6 Å². The Morgan fingerprint density at radius 1 is 1.42 bits per heavy atom. The van der Waals surface area contributed by atoms with Gasteiger partial charge in [0.25, 0.3) is 0 Å². The van der Waals surface area contributed by atoms with E-state index in [0.29, 0.717) is 17.7 Å². The molecule has 0 amide bonds. The first-order valence-electron chi connectivity index (χ1n) is 6.43. The smallest absolute Gasteiger partial charge is 0.338 e. The van der Waals surface area contributed by atoms with Crippen molar-refractivity contribution in [1.29, 1.82) is 5.41 Å². The molecule has 1 radical (unpaired) electrons. The number of carbonyl (C=O) groups is 1. The molecule has 2 rings (SSSR count). The predicted octanol–water partition coefficient (Wildman–Crippen LogP) is 3.33. The molecule has 0 bridgehead atoms. The fraction of sp³-hybridized carbons (Fsp3) is 0.333. The molecule has 0 saturated carbocycles. The van der Waals surface area contributed by atoms with Gasteiger partial charge >= 0.3 is 5.97 Å². The highest BCUT2D eigenvalue weighted by Gasteiger charge is 2.08. The van der Waals surface area contributed by atoms with Crippen molar-refractivity contribution < 1.29 is 9.53 Å². The van der Waals surface area contributed by atoms with Crippen molar-refractivity contribution in [3.63, 3.8) is 0 Å². The summed E-state index contributed by atoms with van der Waals surface area (Å²) in [6.07, 6.45) is 3.94.